The Hall–Kier alpha value is -1.16. The Morgan fingerprint density at radius 2 is 2.11 bits per heavy atom. The van der Waals surface area contributed by atoms with Crippen molar-refractivity contribution in [2.75, 3.05) is 12.1 Å². The molecule has 0 aliphatic rings. The molecule has 1 aromatic rings. The van der Waals surface area contributed by atoms with Gasteiger partial charge in [0.25, 0.3) is 5.43 Å². The summed E-state index contributed by atoms with van der Waals surface area (Å²) in [7, 11) is 1.29. The largest absolute Gasteiger partial charge is 0.289 e. The molecular formula is C5H5NO3. The lowest BCUT2D eigenvalue weighted by Gasteiger charge is -2.08. The highest BCUT2D eigenvalue weighted by Gasteiger charge is 2.10. The first-order valence-corrected chi connectivity index (χ1v) is 2.36. The van der Waals surface area contributed by atoms with Crippen LogP contribution in [0, 0.1) is 0 Å². The van der Waals surface area contributed by atoms with E-state index in [9.17, 15) is 9.59 Å². The summed E-state index contributed by atoms with van der Waals surface area (Å²) in [6.45, 7) is 0. The minimum Gasteiger partial charge on any atom is -0.289 e. The van der Waals surface area contributed by atoms with Gasteiger partial charge >= 0.3 is 0 Å². The molecule has 4 heteroatoms. The zero-order chi connectivity index (χ0) is 7.02. The lowest BCUT2D eigenvalue weighted by Crippen LogP contribution is -2.35. The van der Waals surface area contributed by atoms with Gasteiger partial charge in [0.1, 0.15) is 5.69 Å². The predicted octanol–water partition coefficient (Wildman–Crippen LogP) is -0.892. The quantitative estimate of drug-likeness (QED) is 0.392. The van der Waals surface area contributed by atoms with Gasteiger partial charge in [-0.2, -0.15) is 0 Å². The van der Waals surface area contributed by atoms with Crippen molar-refractivity contribution in [1.29, 1.82) is 0 Å². The van der Waals surface area contributed by atoms with Gasteiger partial charge < -0.3 is 0 Å². The highest BCUT2D eigenvalue weighted by atomic mass is 16.5. The van der Waals surface area contributed by atoms with Crippen LogP contribution in [0.25, 0.3) is 0 Å². The maximum absolute atomic E-state index is 10.4. The summed E-state index contributed by atoms with van der Waals surface area (Å²) in [5.41, 5.74) is -1.12. The first-order valence-electron chi connectivity index (χ1n) is 2.36. The Labute approximate surface area is 50.6 Å². The zero-order valence-corrected chi connectivity index (χ0v) is 4.79. The summed E-state index contributed by atoms with van der Waals surface area (Å²) in [6.07, 6.45) is 0. The van der Waals surface area contributed by atoms with Gasteiger partial charge in [0.2, 0.25) is 5.43 Å². The highest BCUT2D eigenvalue weighted by Crippen LogP contribution is 1.97. The van der Waals surface area contributed by atoms with Gasteiger partial charge in [0.15, 0.2) is 0 Å². The number of hydrogen-bond donors (Lipinski definition) is 1. The molecule has 4 nitrogen and oxygen atoms in total. The molecule has 0 radical (unpaired) electrons. The fraction of sp³-hybridized carbons (Fsp3) is 0.200. The van der Waals surface area contributed by atoms with E-state index in [1.807, 2.05) is 0 Å². The molecule has 9 heavy (non-hydrogen) atoms. The molecule has 0 amide bonds. The fourth-order valence-corrected chi connectivity index (χ4v) is 0.544. The monoisotopic (exact) mass is 127 g/mol. The van der Waals surface area contributed by atoms with Crippen molar-refractivity contribution >= 4 is 5.69 Å². The average molecular weight is 127 g/mol. The van der Waals surface area contributed by atoms with Crippen molar-refractivity contribution in [3.05, 3.63) is 26.5 Å². The van der Waals surface area contributed by atoms with E-state index >= 15 is 0 Å². The number of hydrogen-bond acceptors (Lipinski definition) is 4. The SMILES string of the molecule is CN(O)c1cc(=O)c1=O. The van der Waals surface area contributed by atoms with Crippen LogP contribution in [0.15, 0.2) is 15.7 Å². The molecular weight excluding hydrogens is 122 g/mol. The fourth-order valence-electron chi connectivity index (χ4n) is 0.544. The third kappa shape index (κ3) is 0.728. The van der Waals surface area contributed by atoms with E-state index < -0.39 is 10.9 Å². The van der Waals surface area contributed by atoms with Crippen LogP contribution in [-0.2, 0) is 0 Å². The average Bonchev–Trinajstić information content (AvgIpc) is 1.81. The molecule has 0 aliphatic carbocycles. The number of anilines is 1. The van der Waals surface area contributed by atoms with Gasteiger partial charge in [-0.05, 0) is 0 Å². The molecule has 1 aromatic carbocycles. The molecule has 1 N–H and O–H groups in total. The molecule has 0 spiro atoms. The van der Waals surface area contributed by atoms with Gasteiger partial charge in [-0.3, -0.25) is 19.9 Å². The van der Waals surface area contributed by atoms with E-state index in [4.69, 9.17) is 5.21 Å². The molecule has 0 fully saturated rings. The Bertz CT molecular complexity index is 282. The molecule has 0 atom stereocenters. The molecule has 0 saturated heterocycles. The highest BCUT2D eigenvalue weighted by molar-refractivity contribution is 5.46. The van der Waals surface area contributed by atoms with Gasteiger partial charge in [-0.25, -0.2) is 0 Å². The minimum absolute atomic E-state index is 0.0556. The molecule has 48 valence electrons. The van der Waals surface area contributed by atoms with E-state index in [1.54, 1.807) is 0 Å². The molecule has 0 unspecified atom stereocenters. The third-order valence-corrected chi connectivity index (χ3v) is 1.07. The summed E-state index contributed by atoms with van der Waals surface area (Å²) in [4.78, 5) is 20.6. The molecule has 0 bridgehead atoms. The minimum atomic E-state index is -0.625. The van der Waals surface area contributed by atoms with Gasteiger partial charge in [-0.15, -0.1) is 0 Å². The second-order valence-electron chi connectivity index (χ2n) is 1.75. The molecule has 1 rings (SSSR count). The Balaban J connectivity index is 3.06. The first kappa shape index (κ1) is 5.97. The van der Waals surface area contributed by atoms with Crippen LogP contribution in [0.1, 0.15) is 0 Å². The maximum atomic E-state index is 10.4. The summed E-state index contributed by atoms with van der Waals surface area (Å²) in [6, 6.07) is 1.09. The molecule has 0 aliphatic heterocycles. The van der Waals surface area contributed by atoms with Crippen molar-refractivity contribution < 1.29 is 5.21 Å². The maximum Gasteiger partial charge on any atom is 0.251 e. The summed E-state index contributed by atoms with van der Waals surface area (Å²) < 4.78 is 0. The molecule has 0 saturated carbocycles. The standard InChI is InChI=1S/C5H5NO3/c1-6(9)3-2-4(7)5(3)8/h2,9H,1H3. The Kier molecular flexibility index (Phi) is 1.10. The van der Waals surface area contributed by atoms with E-state index in [0.29, 0.717) is 5.06 Å². The normalized spacial score (nSPS) is 10.0. The van der Waals surface area contributed by atoms with Crippen LogP contribution >= 0.6 is 0 Å². The molecule has 0 aromatic heterocycles. The van der Waals surface area contributed by atoms with Crippen molar-refractivity contribution in [3.63, 3.8) is 0 Å². The van der Waals surface area contributed by atoms with Gasteiger partial charge in [0, 0.05) is 13.1 Å². The smallest absolute Gasteiger partial charge is 0.251 e. The van der Waals surface area contributed by atoms with Crippen LogP contribution < -0.4 is 15.9 Å². The van der Waals surface area contributed by atoms with E-state index in [2.05, 4.69) is 0 Å². The Morgan fingerprint density at radius 1 is 1.56 bits per heavy atom. The van der Waals surface area contributed by atoms with E-state index in [1.165, 1.54) is 7.05 Å². The predicted molar refractivity (Wildman–Crippen MR) is 31.5 cm³/mol. The van der Waals surface area contributed by atoms with Crippen LogP contribution in [0.3, 0.4) is 0 Å². The van der Waals surface area contributed by atoms with E-state index in [-0.39, 0.29) is 5.69 Å². The van der Waals surface area contributed by atoms with Crippen molar-refractivity contribution in [2.45, 2.75) is 0 Å². The summed E-state index contributed by atoms with van der Waals surface area (Å²) >= 11 is 0. The third-order valence-electron chi connectivity index (χ3n) is 1.07. The van der Waals surface area contributed by atoms with Crippen molar-refractivity contribution in [1.82, 2.24) is 0 Å². The van der Waals surface area contributed by atoms with Crippen LogP contribution in [0.2, 0.25) is 0 Å². The van der Waals surface area contributed by atoms with E-state index in [0.717, 1.165) is 6.07 Å². The van der Waals surface area contributed by atoms with Gasteiger partial charge in [0.05, 0.1) is 0 Å². The number of nitrogens with zero attached hydrogens (tertiary/aromatic N) is 1. The first-order chi connectivity index (χ1) is 4.13. The second-order valence-corrected chi connectivity index (χ2v) is 1.75. The van der Waals surface area contributed by atoms with Gasteiger partial charge in [-0.1, -0.05) is 0 Å². The number of rotatable bonds is 1. The van der Waals surface area contributed by atoms with Crippen LogP contribution in [-0.4, -0.2) is 12.3 Å². The van der Waals surface area contributed by atoms with Crippen LogP contribution in [0.4, 0.5) is 5.69 Å². The summed E-state index contributed by atoms with van der Waals surface area (Å²) in [5.74, 6) is 0. The Morgan fingerprint density at radius 3 is 2.22 bits per heavy atom. The lowest BCUT2D eigenvalue weighted by molar-refractivity contribution is 0.277. The van der Waals surface area contributed by atoms with Crippen molar-refractivity contribution in [3.8, 4) is 0 Å². The molecule has 0 heterocycles. The number of hydroxylamine groups is 1. The lowest BCUT2D eigenvalue weighted by atomic mass is 10.2. The van der Waals surface area contributed by atoms with Crippen molar-refractivity contribution in [2.24, 2.45) is 0 Å². The van der Waals surface area contributed by atoms with Crippen LogP contribution in [0.5, 0.6) is 0 Å². The summed E-state index contributed by atoms with van der Waals surface area (Å²) in [5, 5.41) is 9.18. The zero-order valence-electron chi connectivity index (χ0n) is 4.79. The topological polar surface area (TPSA) is 57.6 Å². The second kappa shape index (κ2) is 1.66.